The summed E-state index contributed by atoms with van der Waals surface area (Å²) in [5.41, 5.74) is 8.17. The van der Waals surface area contributed by atoms with Gasteiger partial charge in [0, 0.05) is 6.54 Å². The minimum absolute atomic E-state index is 0.00882. The number of methoxy groups -OCH3 is 1. The molecule has 0 radical (unpaired) electrons. The molecule has 1 aliphatic rings. The van der Waals surface area contributed by atoms with E-state index in [0.29, 0.717) is 6.54 Å². The highest BCUT2D eigenvalue weighted by Gasteiger charge is 2.34. The van der Waals surface area contributed by atoms with E-state index in [-0.39, 0.29) is 29.1 Å². The van der Waals surface area contributed by atoms with Gasteiger partial charge >= 0.3 is 11.8 Å². The minimum Gasteiger partial charge on any atom is -0.480 e. The number of aromatic nitrogens is 3. The van der Waals surface area contributed by atoms with E-state index in [9.17, 15) is 14.4 Å². The average molecular weight is 436 g/mol. The summed E-state index contributed by atoms with van der Waals surface area (Å²) in [5.74, 6) is -1.91. The van der Waals surface area contributed by atoms with Crippen molar-refractivity contribution in [2.24, 2.45) is 11.7 Å². The summed E-state index contributed by atoms with van der Waals surface area (Å²) >= 11 is 0. The van der Waals surface area contributed by atoms with Crippen LogP contribution >= 0.6 is 0 Å². The number of aromatic amines is 1. The Hall–Kier alpha value is -3.95. The fraction of sp³-hybridized carbons (Fsp3) is 0.318. The number of anilines is 1. The second-order valence-electron chi connectivity index (χ2n) is 7.93. The van der Waals surface area contributed by atoms with Crippen LogP contribution < -0.4 is 15.8 Å². The quantitative estimate of drug-likeness (QED) is 0.534. The zero-order valence-corrected chi connectivity index (χ0v) is 17.8. The van der Waals surface area contributed by atoms with Crippen LogP contribution in [0.4, 0.5) is 5.69 Å². The second-order valence-corrected chi connectivity index (χ2v) is 7.93. The first-order valence-corrected chi connectivity index (χ1v) is 10.3. The molecule has 3 amide bonds. The van der Waals surface area contributed by atoms with Gasteiger partial charge in [0.1, 0.15) is 5.56 Å². The standard InChI is InChI=1S/C22H24N6O4/c1-12-3-6-18(13-4-5-16-17(7-13)26-11-25-16)28(10-12)22(31)20(30)27-14-8-15(19(23)29)21(32-2)24-9-14/h4-5,7-9,11-12,18H,3,6,10H2,1-2H3,(H2,23,29)(H,25,26)(H,27,30). The molecule has 0 bridgehead atoms. The number of fused-ring (bicyclic) bond motifs is 1. The first-order valence-electron chi connectivity index (χ1n) is 10.3. The van der Waals surface area contributed by atoms with E-state index in [0.717, 1.165) is 29.4 Å². The van der Waals surface area contributed by atoms with E-state index in [1.54, 1.807) is 11.2 Å². The number of nitrogens with two attached hydrogens (primary N) is 1. The molecule has 4 N–H and O–H groups in total. The fourth-order valence-corrected chi connectivity index (χ4v) is 4.05. The number of piperidine rings is 1. The molecule has 0 spiro atoms. The first kappa shape index (κ1) is 21.3. The van der Waals surface area contributed by atoms with Gasteiger partial charge in [-0.05, 0) is 42.5 Å². The number of imidazole rings is 1. The van der Waals surface area contributed by atoms with Crippen LogP contribution in [0.5, 0.6) is 5.88 Å². The van der Waals surface area contributed by atoms with E-state index < -0.39 is 17.7 Å². The van der Waals surface area contributed by atoms with Crippen molar-refractivity contribution in [2.45, 2.75) is 25.8 Å². The van der Waals surface area contributed by atoms with Gasteiger partial charge in [-0.15, -0.1) is 0 Å². The van der Waals surface area contributed by atoms with Gasteiger partial charge < -0.3 is 25.7 Å². The van der Waals surface area contributed by atoms with Crippen LogP contribution in [0.15, 0.2) is 36.8 Å². The van der Waals surface area contributed by atoms with Crippen LogP contribution in [-0.2, 0) is 9.59 Å². The van der Waals surface area contributed by atoms with Crippen LogP contribution in [0.25, 0.3) is 11.0 Å². The molecule has 1 fully saturated rings. The van der Waals surface area contributed by atoms with Gasteiger partial charge in [-0.1, -0.05) is 13.0 Å². The molecule has 0 saturated carbocycles. The number of nitrogens with one attached hydrogen (secondary N) is 2. The molecular weight excluding hydrogens is 412 g/mol. The molecule has 2 atom stereocenters. The number of primary amides is 1. The third-order valence-corrected chi connectivity index (χ3v) is 5.67. The summed E-state index contributed by atoms with van der Waals surface area (Å²) in [6.07, 6.45) is 4.61. The van der Waals surface area contributed by atoms with Crippen molar-refractivity contribution in [3.05, 3.63) is 47.9 Å². The number of carbonyl (C=O) groups excluding carboxylic acids is 3. The minimum atomic E-state index is -0.813. The number of H-pyrrole nitrogens is 1. The number of ether oxygens (including phenoxy) is 1. The predicted molar refractivity (Wildman–Crippen MR) is 117 cm³/mol. The molecule has 2 aromatic heterocycles. The Morgan fingerprint density at radius 2 is 2.03 bits per heavy atom. The van der Waals surface area contributed by atoms with Crippen molar-refractivity contribution in [3.8, 4) is 5.88 Å². The van der Waals surface area contributed by atoms with Crippen LogP contribution in [-0.4, -0.2) is 51.2 Å². The summed E-state index contributed by atoms with van der Waals surface area (Å²) in [4.78, 5) is 50.5. The van der Waals surface area contributed by atoms with E-state index in [1.165, 1.54) is 19.4 Å². The van der Waals surface area contributed by atoms with Gasteiger partial charge in [0.15, 0.2) is 0 Å². The summed E-state index contributed by atoms with van der Waals surface area (Å²) < 4.78 is 5.00. The van der Waals surface area contributed by atoms with Crippen molar-refractivity contribution in [3.63, 3.8) is 0 Å². The summed E-state index contributed by atoms with van der Waals surface area (Å²) in [7, 11) is 1.36. The molecule has 1 aromatic carbocycles. The van der Waals surface area contributed by atoms with Gasteiger partial charge in [-0.3, -0.25) is 14.4 Å². The molecule has 166 valence electrons. The summed E-state index contributed by atoms with van der Waals surface area (Å²) in [6, 6.07) is 6.91. The lowest BCUT2D eigenvalue weighted by atomic mass is 9.89. The van der Waals surface area contributed by atoms with Crippen LogP contribution in [0.3, 0.4) is 0 Å². The van der Waals surface area contributed by atoms with E-state index in [4.69, 9.17) is 10.5 Å². The van der Waals surface area contributed by atoms with Gasteiger partial charge in [-0.2, -0.15) is 0 Å². The van der Waals surface area contributed by atoms with Crippen molar-refractivity contribution >= 4 is 34.4 Å². The first-order chi connectivity index (χ1) is 15.4. The van der Waals surface area contributed by atoms with Crippen molar-refractivity contribution < 1.29 is 19.1 Å². The largest absolute Gasteiger partial charge is 0.480 e. The molecular formula is C22H24N6O4. The Morgan fingerprint density at radius 1 is 1.22 bits per heavy atom. The van der Waals surface area contributed by atoms with Crippen molar-refractivity contribution in [2.75, 3.05) is 19.0 Å². The van der Waals surface area contributed by atoms with Crippen LogP contribution in [0.2, 0.25) is 0 Å². The molecule has 1 saturated heterocycles. The van der Waals surface area contributed by atoms with E-state index in [2.05, 4.69) is 27.2 Å². The number of likely N-dealkylation sites (tertiary alicyclic amines) is 1. The molecule has 1 aliphatic heterocycles. The maximum atomic E-state index is 13.1. The van der Waals surface area contributed by atoms with Crippen LogP contribution in [0, 0.1) is 5.92 Å². The molecule has 10 nitrogen and oxygen atoms in total. The number of nitrogens with zero attached hydrogens (tertiary/aromatic N) is 3. The molecule has 4 rings (SSSR count). The highest BCUT2D eigenvalue weighted by molar-refractivity contribution is 6.39. The monoisotopic (exact) mass is 436 g/mol. The lowest BCUT2D eigenvalue weighted by Crippen LogP contribution is -2.46. The Kier molecular flexibility index (Phi) is 5.76. The van der Waals surface area contributed by atoms with Gasteiger partial charge in [0.05, 0.1) is 42.4 Å². The zero-order chi connectivity index (χ0) is 22.8. The molecule has 3 aromatic rings. The number of benzene rings is 1. The third-order valence-electron chi connectivity index (χ3n) is 5.67. The maximum absolute atomic E-state index is 13.1. The average Bonchev–Trinajstić information content (AvgIpc) is 3.26. The Balaban J connectivity index is 1.57. The third kappa shape index (κ3) is 4.11. The smallest absolute Gasteiger partial charge is 0.313 e. The SMILES string of the molecule is COc1ncc(NC(=O)C(=O)N2CC(C)CCC2c2ccc3[nH]cnc3c2)cc1C(N)=O. The van der Waals surface area contributed by atoms with E-state index >= 15 is 0 Å². The zero-order valence-electron chi connectivity index (χ0n) is 17.8. The van der Waals surface area contributed by atoms with Crippen LogP contribution in [0.1, 0.15) is 41.7 Å². The Morgan fingerprint density at radius 3 is 2.78 bits per heavy atom. The van der Waals surface area contributed by atoms with E-state index in [1.807, 2.05) is 18.2 Å². The number of rotatable bonds is 4. The highest BCUT2D eigenvalue weighted by atomic mass is 16.5. The van der Waals surface area contributed by atoms with Crippen molar-refractivity contribution in [1.29, 1.82) is 0 Å². The summed E-state index contributed by atoms with van der Waals surface area (Å²) in [6.45, 7) is 2.51. The fourth-order valence-electron chi connectivity index (χ4n) is 4.05. The van der Waals surface area contributed by atoms with Gasteiger partial charge in [0.25, 0.3) is 5.91 Å². The maximum Gasteiger partial charge on any atom is 0.313 e. The second kappa shape index (κ2) is 8.66. The van der Waals surface area contributed by atoms with Gasteiger partial charge in [0.2, 0.25) is 5.88 Å². The number of carbonyl (C=O) groups is 3. The normalized spacial score (nSPS) is 18.4. The molecule has 3 heterocycles. The number of pyridine rings is 1. The molecule has 0 aliphatic carbocycles. The van der Waals surface area contributed by atoms with Crippen molar-refractivity contribution in [1.82, 2.24) is 19.9 Å². The number of hydrogen-bond donors (Lipinski definition) is 3. The lowest BCUT2D eigenvalue weighted by Gasteiger charge is -2.38. The molecule has 10 heteroatoms. The number of hydrogen-bond acceptors (Lipinski definition) is 6. The molecule has 2 unspecified atom stereocenters. The topological polar surface area (TPSA) is 143 Å². The predicted octanol–water partition coefficient (Wildman–Crippen LogP) is 2.00. The summed E-state index contributed by atoms with van der Waals surface area (Å²) in [5, 5.41) is 2.52. The Bertz CT molecular complexity index is 1190. The molecule has 32 heavy (non-hydrogen) atoms. The highest BCUT2D eigenvalue weighted by Crippen LogP contribution is 2.34. The Labute approximate surface area is 184 Å². The lowest BCUT2D eigenvalue weighted by molar-refractivity contribution is -0.146. The number of amides is 3. The van der Waals surface area contributed by atoms with Gasteiger partial charge in [-0.25, -0.2) is 9.97 Å².